The van der Waals surface area contributed by atoms with Gasteiger partial charge in [0, 0.05) is 57.3 Å². The molecule has 0 saturated carbocycles. The standard InChI is InChI=1S/C59H86O18/c1-26-15-34(63-32(7)30(26)5)9-11-38-27(2)16-36(65-38)13-14-57-23-44-53(76-57)54-55(69-44)56(77-57)52-39(67-54)12-10-35(66-52)17-47(62)71-50-31(6)51-41(64-33(50)8)19-40-43(68-51)22-59(72-40)24-45-49(75-59)29(4)21-58(74-45)20-28(3)48-42(73-58)18-37(61)46(25-60)70-48/h26,28-29,31-46,48-56,60-61H,2,5,9-25H2,1,3-4,6-8H3/t26-,28+,29+,31-,32-,33+,34+,35-,36+,37-,38+,39+,40-,41+,42+,43-,44?,45+,46-,48+,49+,50-,51+,52+,53?,54?,55?,56+,57+,58-,59+/m1/s1. The fourth-order valence-corrected chi connectivity index (χ4v) is 17.5. The summed E-state index contributed by atoms with van der Waals surface area (Å²) in [6, 6.07) is 0. The lowest BCUT2D eigenvalue weighted by Gasteiger charge is -2.54. The lowest BCUT2D eigenvalue weighted by molar-refractivity contribution is -0.371. The van der Waals surface area contributed by atoms with E-state index in [-0.39, 0.29) is 153 Å². The van der Waals surface area contributed by atoms with E-state index in [9.17, 15) is 15.0 Å². The molecule has 15 fully saturated rings. The third-order valence-electron chi connectivity index (χ3n) is 21.2. The van der Waals surface area contributed by atoms with E-state index in [4.69, 9.17) is 71.1 Å². The van der Waals surface area contributed by atoms with Gasteiger partial charge in [0.15, 0.2) is 17.4 Å². The quantitative estimate of drug-likeness (QED) is 0.196. The van der Waals surface area contributed by atoms with E-state index in [0.717, 1.165) is 44.1 Å². The Balaban J connectivity index is 0.570. The van der Waals surface area contributed by atoms with Gasteiger partial charge in [-0.15, -0.1) is 0 Å². The second-order valence-electron chi connectivity index (χ2n) is 26.7. The Labute approximate surface area is 453 Å². The fourth-order valence-electron chi connectivity index (χ4n) is 17.5. The second kappa shape index (κ2) is 20.0. The van der Waals surface area contributed by atoms with Gasteiger partial charge >= 0.3 is 5.97 Å². The summed E-state index contributed by atoms with van der Waals surface area (Å²) in [4.78, 5) is 14.0. The van der Waals surface area contributed by atoms with Crippen molar-refractivity contribution in [1.82, 2.24) is 0 Å². The van der Waals surface area contributed by atoms with Crippen LogP contribution in [-0.2, 0) is 75.8 Å². The van der Waals surface area contributed by atoms with Crippen molar-refractivity contribution in [2.45, 2.75) is 308 Å². The zero-order valence-corrected chi connectivity index (χ0v) is 46.0. The predicted molar refractivity (Wildman–Crippen MR) is 270 cm³/mol. The summed E-state index contributed by atoms with van der Waals surface area (Å²) in [5.74, 6) is -2.28. The molecule has 15 rings (SSSR count). The van der Waals surface area contributed by atoms with Gasteiger partial charge in [0.1, 0.15) is 42.7 Å². The molecule has 18 heteroatoms. The van der Waals surface area contributed by atoms with E-state index in [1.807, 2.05) is 6.92 Å². The maximum absolute atomic E-state index is 14.0. The van der Waals surface area contributed by atoms with Crippen LogP contribution in [0.25, 0.3) is 0 Å². The molecule has 2 spiro atoms. The van der Waals surface area contributed by atoms with E-state index in [1.165, 1.54) is 5.57 Å². The van der Waals surface area contributed by atoms with Crippen LogP contribution in [-0.4, -0.2) is 187 Å². The molecule has 430 valence electrons. The Kier molecular flexibility index (Phi) is 13.9. The zero-order valence-electron chi connectivity index (χ0n) is 46.0. The molecule has 0 aromatic heterocycles. The van der Waals surface area contributed by atoms with Crippen LogP contribution >= 0.6 is 0 Å². The molecular weight excluding hydrogens is 997 g/mol. The highest BCUT2D eigenvalue weighted by Gasteiger charge is 2.70. The van der Waals surface area contributed by atoms with Gasteiger partial charge in [0.2, 0.25) is 0 Å². The number of aliphatic hydroxyl groups is 2. The van der Waals surface area contributed by atoms with E-state index in [0.29, 0.717) is 63.7 Å². The molecule has 0 aromatic carbocycles. The average molecular weight is 1080 g/mol. The average Bonchev–Trinajstić information content (AvgIpc) is 4.26. The van der Waals surface area contributed by atoms with Crippen LogP contribution in [0.15, 0.2) is 24.3 Å². The summed E-state index contributed by atoms with van der Waals surface area (Å²) in [5.41, 5.74) is 2.33. The fraction of sp³-hybridized carbons (Fsp3) is 0.915. The smallest absolute Gasteiger partial charge is 0.308 e. The number of hydrogen-bond acceptors (Lipinski definition) is 18. The largest absolute Gasteiger partial charge is 0.459 e. The molecule has 0 aromatic rings. The Bertz CT molecular complexity index is 2240. The van der Waals surface area contributed by atoms with Gasteiger partial charge < -0.3 is 81.3 Å². The first-order chi connectivity index (χ1) is 36.9. The van der Waals surface area contributed by atoms with Crippen LogP contribution in [0.1, 0.15) is 144 Å². The highest BCUT2D eigenvalue weighted by atomic mass is 16.8. The summed E-state index contributed by atoms with van der Waals surface area (Å²) in [6.07, 6.45) is 4.59. The lowest BCUT2D eigenvalue weighted by atomic mass is 9.78. The van der Waals surface area contributed by atoms with E-state index < -0.39 is 47.9 Å². The predicted octanol–water partition coefficient (Wildman–Crippen LogP) is 5.81. The minimum atomic E-state index is -0.866. The van der Waals surface area contributed by atoms with E-state index >= 15 is 0 Å². The molecule has 0 amide bonds. The molecule has 6 bridgehead atoms. The molecule has 15 aliphatic rings. The van der Waals surface area contributed by atoms with Gasteiger partial charge in [0.25, 0.3) is 0 Å². The van der Waals surface area contributed by atoms with Crippen LogP contribution in [0.4, 0.5) is 0 Å². The molecular formula is C59H86O18. The first kappa shape index (κ1) is 53.3. The third kappa shape index (κ3) is 9.40. The van der Waals surface area contributed by atoms with Gasteiger partial charge in [-0.05, 0) is 87.7 Å². The van der Waals surface area contributed by atoms with Crippen molar-refractivity contribution < 1.29 is 86.1 Å². The molecule has 2 N–H and O–H groups in total. The SMILES string of the molecule is C=C1C[C@H](CC[C@@]23CC4OC5C(O[C@H]6CC[C@H](CC(=O)O[C@@H]7[C@@H](C)[C@@H]8O[C@@H]9C[C@]%10(C[C@@H]%11O[C@]%12(C[C@H](C)[C@@H]%13O[C@H](CO)[C@H](O)C[C@@H]%13O%12)C[C@H](C)[C@@H]%11O%10)O[C@@H]9C[C@@H]8O[C@H]7C)O[C@@H]6[C@@H]5O2)C4O3)O[C@H]1CC[C@H]1C[C@@H](C)C(=C)[C@@H](C)O1. The third-order valence-corrected chi connectivity index (χ3v) is 21.2. The van der Waals surface area contributed by atoms with Crippen LogP contribution in [0.2, 0.25) is 0 Å². The second-order valence-corrected chi connectivity index (χ2v) is 26.7. The maximum atomic E-state index is 14.0. The maximum Gasteiger partial charge on any atom is 0.308 e. The van der Waals surface area contributed by atoms with Gasteiger partial charge in [-0.3, -0.25) is 4.79 Å². The van der Waals surface area contributed by atoms with Crippen molar-refractivity contribution in [2.24, 2.45) is 23.7 Å². The monoisotopic (exact) mass is 1080 g/mol. The number of rotatable bonds is 10. The van der Waals surface area contributed by atoms with E-state index in [1.54, 1.807) is 0 Å². The minimum Gasteiger partial charge on any atom is -0.459 e. The Hall–Kier alpha value is -1.69. The molecule has 0 aliphatic carbocycles. The van der Waals surface area contributed by atoms with Crippen molar-refractivity contribution in [1.29, 1.82) is 0 Å². The Morgan fingerprint density at radius 1 is 0.584 bits per heavy atom. The number of hydrogen-bond donors (Lipinski definition) is 2. The lowest BCUT2D eigenvalue weighted by Crippen LogP contribution is -2.62. The first-order valence-electron chi connectivity index (χ1n) is 30.1. The highest BCUT2D eigenvalue weighted by Crippen LogP contribution is 2.57. The van der Waals surface area contributed by atoms with Gasteiger partial charge in [-0.2, -0.15) is 0 Å². The molecule has 15 heterocycles. The topological polar surface area (TPSA) is 196 Å². The van der Waals surface area contributed by atoms with Crippen molar-refractivity contribution in [2.75, 3.05) is 6.61 Å². The molecule has 77 heavy (non-hydrogen) atoms. The highest BCUT2D eigenvalue weighted by molar-refractivity contribution is 5.70. The number of esters is 1. The summed E-state index contributed by atoms with van der Waals surface area (Å²) < 4.78 is 101. The summed E-state index contributed by atoms with van der Waals surface area (Å²) in [6.45, 7) is 21.2. The van der Waals surface area contributed by atoms with Crippen molar-refractivity contribution in [3.63, 3.8) is 0 Å². The van der Waals surface area contributed by atoms with Crippen LogP contribution in [0, 0.1) is 23.7 Å². The summed E-state index contributed by atoms with van der Waals surface area (Å²) >= 11 is 0. The number of ether oxygens (including phenoxy) is 15. The molecule has 0 radical (unpaired) electrons. The Morgan fingerprint density at radius 3 is 2.13 bits per heavy atom. The van der Waals surface area contributed by atoms with E-state index in [2.05, 4.69) is 47.8 Å². The molecule has 4 unspecified atom stereocenters. The van der Waals surface area contributed by atoms with Crippen LogP contribution in [0.3, 0.4) is 0 Å². The van der Waals surface area contributed by atoms with Gasteiger partial charge in [-0.1, -0.05) is 40.9 Å². The van der Waals surface area contributed by atoms with Crippen LogP contribution < -0.4 is 0 Å². The summed E-state index contributed by atoms with van der Waals surface area (Å²) in [7, 11) is 0. The van der Waals surface area contributed by atoms with Crippen molar-refractivity contribution in [3.05, 3.63) is 24.3 Å². The number of carbonyl (C=O) groups excluding carboxylic acids is 1. The van der Waals surface area contributed by atoms with Crippen LogP contribution in [0.5, 0.6) is 0 Å². The van der Waals surface area contributed by atoms with Gasteiger partial charge in [0.05, 0.1) is 117 Å². The number of aliphatic hydroxyl groups excluding tert-OH is 2. The zero-order chi connectivity index (χ0) is 53.0. The first-order valence-corrected chi connectivity index (χ1v) is 30.1. The number of carbonyl (C=O) groups is 1. The molecule has 15 saturated heterocycles. The minimum absolute atomic E-state index is 0.0175. The van der Waals surface area contributed by atoms with Crippen molar-refractivity contribution in [3.8, 4) is 0 Å². The van der Waals surface area contributed by atoms with Gasteiger partial charge in [-0.25, -0.2) is 0 Å². The Morgan fingerprint density at radius 2 is 1.31 bits per heavy atom. The molecule has 15 aliphatic heterocycles. The normalized spacial score (nSPS) is 57.1. The summed E-state index contributed by atoms with van der Waals surface area (Å²) in [5, 5.41) is 20.5. The molecule has 31 atom stereocenters. The number of fused-ring (bicyclic) bond motifs is 5. The molecule has 18 nitrogen and oxygen atoms in total. The van der Waals surface area contributed by atoms with Crippen molar-refractivity contribution >= 4 is 5.97 Å².